The third kappa shape index (κ3) is 5.59. The van der Waals surface area contributed by atoms with Crippen LogP contribution in [0.15, 0.2) is 29.3 Å². The van der Waals surface area contributed by atoms with Crippen molar-refractivity contribution in [2.24, 2.45) is 4.99 Å². The van der Waals surface area contributed by atoms with Crippen molar-refractivity contribution < 1.29 is 4.74 Å². The number of aryl methyl sites for hydroxylation is 1. The van der Waals surface area contributed by atoms with Crippen LogP contribution in [0.5, 0.6) is 5.75 Å². The van der Waals surface area contributed by atoms with Crippen LogP contribution >= 0.6 is 0 Å². The van der Waals surface area contributed by atoms with Gasteiger partial charge in [0.15, 0.2) is 11.8 Å². The van der Waals surface area contributed by atoms with Gasteiger partial charge in [-0.1, -0.05) is 18.6 Å². The molecule has 8 nitrogen and oxygen atoms in total. The highest BCUT2D eigenvalue weighted by molar-refractivity contribution is 5.79. The Morgan fingerprint density at radius 3 is 2.56 bits per heavy atom. The van der Waals surface area contributed by atoms with Crippen molar-refractivity contribution in [3.63, 3.8) is 0 Å². The van der Waals surface area contributed by atoms with Crippen molar-refractivity contribution in [3.8, 4) is 5.75 Å². The summed E-state index contributed by atoms with van der Waals surface area (Å²) < 4.78 is 7.60. The van der Waals surface area contributed by atoms with Gasteiger partial charge < -0.3 is 19.9 Å². The van der Waals surface area contributed by atoms with Crippen LogP contribution in [0, 0.1) is 0 Å². The van der Waals surface area contributed by atoms with E-state index >= 15 is 0 Å². The third-order valence-electron chi connectivity index (χ3n) is 6.45. The highest BCUT2D eigenvalue weighted by Gasteiger charge is 2.23. The number of guanidine groups is 1. The minimum Gasteiger partial charge on any atom is -0.497 e. The van der Waals surface area contributed by atoms with E-state index in [2.05, 4.69) is 61.5 Å². The zero-order valence-electron chi connectivity index (χ0n) is 19.5. The molecular weight excluding hydrogens is 402 g/mol. The van der Waals surface area contributed by atoms with Gasteiger partial charge in [-0.05, 0) is 63.4 Å². The van der Waals surface area contributed by atoms with E-state index in [0.717, 1.165) is 62.5 Å². The average molecular weight is 440 g/mol. The van der Waals surface area contributed by atoms with Crippen LogP contribution in [-0.4, -0.2) is 58.9 Å². The number of benzene rings is 1. The molecule has 0 radical (unpaired) electrons. The van der Waals surface area contributed by atoms with Crippen LogP contribution in [0.25, 0.3) is 0 Å². The van der Waals surface area contributed by atoms with Crippen LogP contribution < -0.4 is 15.4 Å². The van der Waals surface area contributed by atoms with Gasteiger partial charge in [0, 0.05) is 26.1 Å². The summed E-state index contributed by atoms with van der Waals surface area (Å²) in [7, 11) is 1.71. The second-order valence-corrected chi connectivity index (χ2v) is 8.60. The predicted molar refractivity (Wildman–Crippen MR) is 127 cm³/mol. The third-order valence-corrected chi connectivity index (χ3v) is 6.45. The molecule has 2 aliphatic rings. The Labute approximate surface area is 191 Å². The molecule has 0 bridgehead atoms. The molecule has 1 aromatic heterocycles. The quantitative estimate of drug-likeness (QED) is 0.486. The van der Waals surface area contributed by atoms with Crippen LogP contribution in [0.4, 0.5) is 0 Å². The number of methoxy groups -OCH3 is 1. The summed E-state index contributed by atoms with van der Waals surface area (Å²) in [4.78, 5) is 7.43. The van der Waals surface area contributed by atoms with Crippen molar-refractivity contribution in [2.45, 2.75) is 64.6 Å². The lowest BCUT2D eigenvalue weighted by Gasteiger charge is -2.35. The van der Waals surface area contributed by atoms with Crippen LogP contribution in [-0.2, 0) is 19.5 Å². The molecule has 1 aromatic carbocycles. The molecular formula is C24H37N7O. The molecule has 0 aliphatic carbocycles. The second-order valence-electron chi connectivity index (χ2n) is 8.60. The number of hydrogen-bond acceptors (Lipinski definition) is 5. The van der Waals surface area contributed by atoms with Crippen LogP contribution in [0.2, 0.25) is 0 Å². The minimum atomic E-state index is 0.297. The highest BCUT2D eigenvalue weighted by atomic mass is 16.5. The van der Waals surface area contributed by atoms with E-state index in [9.17, 15) is 0 Å². The van der Waals surface area contributed by atoms with Crippen LogP contribution in [0.1, 0.15) is 62.3 Å². The second kappa shape index (κ2) is 11.3. The molecule has 0 spiro atoms. The molecule has 2 aromatic rings. The van der Waals surface area contributed by atoms with Gasteiger partial charge in [0.1, 0.15) is 18.1 Å². The van der Waals surface area contributed by atoms with Gasteiger partial charge >= 0.3 is 0 Å². The van der Waals surface area contributed by atoms with E-state index in [4.69, 9.17) is 9.73 Å². The standard InChI is InChI=1S/C24H37N7O/c1-3-25-24(27-18-23-29-28-22-9-5-8-16-31(22)23)26-17-21(30-14-6-4-7-15-30)19-10-12-20(32-2)13-11-19/h10-13,21H,3-9,14-18H2,1-2H3,(H2,25,26,27). The lowest BCUT2D eigenvalue weighted by Crippen LogP contribution is -2.44. The number of nitrogens with one attached hydrogen (secondary N) is 2. The lowest BCUT2D eigenvalue weighted by molar-refractivity contribution is 0.164. The number of fused-ring (bicyclic) bond motifs is 1. The summed E-state index contributed by atoms with van der Waals surface area (Å²) in [5.41, 5.74) is 1.31. The molecule has 2 aliphatic heterocycles. The van der Waals surface area contributed by atoms with E-state index in [1.165, 1.54) is 37.7 Å². The van der Waals surface area contributed by atoms with Crippen molar-refractivity contribution in [2.75, 3.05) is 33.3 Å². The van der Waals surface area contributed by atoms with Crippen LogP contribution in [0.3, 0.4) is 0 Å². The van der Waals surface area contributed by atoms with E-state index < -0.39 is 0 Å². The highest BCUT2D eigenvalue weighted by Crippen LogP contribution is 2.26. The maximum atomic E-state index is 5.36. The normalized spacial score (nSPS) is 18.1. The predicted octanol–water partition coefficient (Wildman–Crippen LogP) is 2.91. The Hall–Kier alpha value is -2.61. The van der Waals surface area contributed by atoms with Gasteiger partial charge in [0.25, 0.3) is 0 Å². The summed E-state index contributed by atoms with van der Waals surface area (Å²) in [6.45, 7) is 7.54. The van der Waals surface area contributed by atoms with Gasteiger partial charge in [-0.25, -0.2) is 4.99 Å². The van der Waals surface area contributed by atoms with Gasteiger partial charge in [-0.15, -0.1) is 10.2 Å². The number of nitrogens with zero attached hydrogens (tertiary/aromatic N) is 5. The summed E-state index contributed by atoms with van der Waals surface area (Å²) in [5.74, 6) is 3.78. The fraction of sp³-hybridized carbons (Fsp3) is 0.625. The molecule has 1 saturated heterocycles. The fourth-order valence-electron chi connectivity index (χ4n) is 4.68. The number of aromatic nitrogens is 3. The first kappa shape index (κ1) is 22.6. The number of piperidine rings is 1. The number of likely N-dealkylation sites (tertiary alicyclic amines) is 1. The summed E-state index contributed by atoms with van der Waals surface area (Å²) >= 11 is 0. The summed E-state index contributed by atoms with van der Waals surface area (Å²) in [6.07, 6.45) is 7.27. The maximum absolute atomic E-state index is 5.36. The largest absolute Gasteiger partial charge is 0.497 e. The van der Waals surface area contributed by atoms with E-state index in [0.29, 0.717) is 12.6 Å². The Balaban J connectivity index is 1.46. The molecule has 8 heteroatoms. The summed E-state index contributed by atoms with van der Waals surface area (Å²) in [6, 6.07) is 8.78. The van der Waals surface area contributed by atoms with Crippen molar-refractivity contribution in [1.82, 2.24) is 30.3 Å². The van der Waals surface area contributed by atoms with Crippen molar-refractivity contribution in [1.29, 1.82) is 0 Å². The Bertz CT molecular complexity index is 871. The zero-order valence-corrected chi connectivity index (χ0v) is 19.5. The number of hydrogen-bond donors (Lipinski definition) is 2. The minimum absolute atomic E-state index is 0.297. The Morgan fingerprint density at radius 2 is 1.81 bits per heavy atom. The van der Waals surface area contributed by atoms with Gasteiger partial charge in [-0.3, -0.25) is 4.90 Å². The topological polar surface area (TPSA) is 79.6 Å². The molecule has 4 rings (SSSR count). The molecule has 3 heterocycles. The Morgan fingerprint density at radius 1 is 1.03 bits per heavy atom. The number of rotatable bonds is 8. The first-order valence-corrected chi connectivity index (χ1v) is 12.1. The van der Waals surface area contributed by atoms with Crippen molar-refractivity contribution in [3.05, 3.63) is 41.5 Å². The first-order chi connectivity index (χ1) is 15.8. The molecule has 1 unspecified atom stereocenters. The zero-order chi connectivity index (χ0) is 22.2. The molecule has 174 valence electrons. The summed E-state index contributed by atoms with van der Waals surface area (Å²) in [5, 5.41) is 15.7. The average Bonchev–Trinajstić information content (AvgIpc) is 3.27. The van der Waals surface area contributed by atoms with E-state index in [-0.39, 0.29) is 0 Å². The van der Waals surface area contributed by atoms with Crippen molar-refractivity contribution >= 4 is 5.96 Å². The molecule has 2 N–H and O–H groups in total. The Kier molecular flexibility index (Phi) is 7.98. The fourth-order valence-corrected chi connectivity index (χ4v) is 4.68. The SMILES string of the molecule is CCNC(=NCc1nnc2n1CCCC2)NCC(c1ccc(OC)cc1)N1CCCCC1. The van der Waals surface area contributed by atoms with E-state index in [1.807, 2.05) is 0 Å². The number of ether oxygens (including phenoxy) is 1. The molecule has 0 amide bonds. The lowest BCUT2D eigenvalue weighted by atomic mass is 10.0. The first-order valence-electron chi connectivity index (χ1n) is 12.1. The molecule has 32 heavy (non-hydrogen) atoms. The smallest absolute Gasteiger partial charge is 0.191 e. The van der Waals surface area contributed by atoms with Gasteiger partial charge in [-0.2, -0.15) is 0 Å². The van der Waals surface area contributed by atoms with Gasteiger partial charge in [0.05, 0.1) is 13.2 Å². The molecule has 0 saturated carbocycles. The number of aliphatic imine (C=N–C) groups is 1. The molecule has 1 fully saturated rings. The molecule has 1 atom stereocenters. The maximum Gasteiger partial charge on any atom is 0.191 e. The van der Waals surface area contributed by atoms with E-state index in [1.54, 1.807) is 7.11 Å². The van der Waals surface area contributed by atoms with Gasteiger partial charge in [0.2, 0.25) is 0 Å². The monoisotopic (exact) mass is 439 g/mol.